The van der Waals surface area contributed by atoms with Crippen molar-refractivity contribution >= 4 is 40.2 Å². The summed E-state index contributed by atoms with van der Waals surface area (Å²) in [6.45, 7) is 5.14. The molecule has 0 aliphatic carbocycles. The van der Waals surface area contributed by atoms with Crippen LogP contribution in [-0.2, 0) is 6.54 Å². The van der Waals surface area contributed by atoms with E-state index in [4.69, 9.17) is 9.97 Å². The number of hydrogen-bond donors (Lipinski definition) is 2. The molecule has 2 aromatic carbocycles. The Bertz CT molecular complexity index is 2020. The highest BCUT2D eigenvalue weighted by Crippen LogP contribution is 2.34. The number of nitrogens with zero attached hydrogens (tertiary/aromatic N) is 6. The van der Waals surface area contributed by atoms with Gasteiger partial charge in [0.05, 0.1) is 22.0 Å². The molecule has 4 aromatic heterocycles. The van der Waals surface area contributed by atoms with Crippen molar-refractivity contribution in [3.63, 3.8) is 0 Å². The standard InChI is InChI=1S/C37H38N8OS/c1-25-13-14-32(47-25)36(46)39-29-11-7-9-27(23-29)34-35(45-19-5-4-12-33(45)42-34)31-15-18-38-37(41-31)40-28-10-6-8-26(22-28)24-44-20-16-30(17-21-44)43(2)3/h4-15,18-19,22-23,30H,16-17,20-21,24H2,1-3H3,(H,39,46)(H,38,40,41). The second-order valence-corrected chi connectivity index (χ2v) is 13.5. The monoisotopic (exact) mass is 642 g/mol. The molecule has 0 saturated carbocycles. The van der Waals surface area contributed by atoms with E-state index >= 15 is 0 Å². The number of hydrogen-bond acceptors (Lipinski definition) is 8. The third-order valence-corrected chi connectivity index (χ3v) is 9.66. The zero-order valence-electron chi connectivity index (χ0n) is 26.9. The van der Waals surface area contributed by atoms with Gasteiger partial charge in [-0.25, -0.2) is 15.0 Å². The first-order chi connectivity index (χ1) is 22.9. The van der Waals surface area contributed by atoms with Crippen molar-refractivity contribution in [3.8, 4) is 22.6 Å². The quantitative estimate of drug-likeness (QED) is 0.170. The van der Waals surface area contributed by atoms with Crippen LogP contribution >= 0.6 is 11.3 Å². The first-order valence-electron chi connectivity index (χ1n) is 15.9. The normalized spacial score (nSPS) is 14.1. The molecular formula is C37H38N8OS. The molecule has 7 rings (SSSR count). The number of piperidine rings is 1. The Kier molecular flexibility index (Phi) is 8.80. The Labute approximate surface area is 279 Å². The van der Waals surface area contributed by atoms with E-state index in [1.807, 2.05) is 78.2 Å². The van der Waals surface area contributed by atoms with Crippen LogP contribution in [0.1, 0.15) is 33.0 Å². The van der Waals surface area contributed by atoms with Gasteiger partial charge in [0.2, 0.25) is 5.95 Å². The minimum atomic E-state index is -0.125. The number of thiophene rings is 1. The fraction of sp³-hybridized carbons (Fsp3) is 0.243. The number of anilines is 3. The maximum atomic E-state index is 12.9. The van der Waals surface area contributed by atoms with Gasteiger partial charge in [-0.1, -0.05) is 30.3 Å². The first-order valence-corrected chi connectivity index (χ1v) is 16.7. The summed E-state index contributed by atoms with van der Waals surface area (Å²) in [4.78, 5) is 34.1. The lowest BCUT2D eigenvalue weighted by molar-refractivity contribution is 0.103. The van der Waals surface area contributed by atoms with Crippen molar-refractivity contribution in [1.29, 1.82) is 0 Å². The van der Waals surface area contributed by atoms with Crippen LogP contribution in [0.3, 0.4) is 0 Å². The van der Waals surface area contributed by atoms with E-state index < -0.39 is 0 Å². The smallest absolute Gasteiger partial charge is 0.265 e. The summed E-state index contributed by atoms with van der Waals surface area (Å²) >= 11 is 1.48. The highest BCUT2D eigenvalue weighted by molar-refractivity contribution is 7.14. The van der Waals surface area contributed by atoms with Gasteiger partial charge in [-0.05, 0) is 107 Å². The molecule has 238 valence electrons. The lowest BCUT2D eigenvalue weighted by Crippen LogP contribution is -2.41. The molecule has 0 radical (unpaired) electrons. The number of likely N-dealkylation sites (tertiary alicyclic amines) is 1. The van der Waals surface area contributed by atoms with E-state index in [0.29, 0.717) is 22.6 Å². The lowest BCUT2D eigenvalue weighted by Gasteiger charge is -2.35. The Morgan fingerprint density at radius 1 is 0.936 bits per heavy atom. The average molecular weight is 643 g/mol. The van der Waals surface area contributed by atoms with Crippen LogP contribution in [0.4, 0.5) is 17.3 Å². The van der Waals surface area contributed by atoms with E-state index in [2.05, 4.69) is 63.8 Å². The molecule has 0 bridgehead atoms. The molecule has 2 N–H and O–H groups in total. The van der Waals surface area contributed by atoms with Crippen LogP contribution in [0.15, 0.2) is 97.3 Å². The number of aromatic nitrogens is 4. The molecule has 0 unspecified atom stereocenters. The number of pyridine rings is 1. The van der Waals surface area contributed by atoms with Crippen molar-refractivity contribution in [1.82, 2.24) is 29.2 Å². The van der Waals surface area contributed by atoms with Gasteiger partial charge in [-0.3, -0.25) is 14.1 Å². The number of rotatable bonds is 9. The van der Waals surface area contributed by atoms with Gasteiger partial charge in [0, 0.05) is 46.8 Å². The third-order valence-electron chi connectivity index (χ3n) is 8.66. The Morgan fingerprint density at radius 3 is 2.57 bits per heavy atom. The maximum absolute atomic E-state index is 12.9. The number of nitrogens with one attached hydrogen (secondary N) is 2. The van der Waals surface area contributed by atoms with Crippen LogP contribution in [-0.4, -0.2) is 68.3 Å². The van der Waals surface area contributed by atoms with Crippen LogP contribution in [0.2, 0.25) is 0 Å². The SMILES string of the molecule is Cc1ccc(C(=O)Nc2cccc(-c3nc4ccccn4c3-c3ccnc(Nc4cccc(CN5CCC(N(C)C)CC5)c4)n3)c2)s1. The molecule has 10 heteroatoms. The number of imidazole rings is 1. The van der Waals surface area contributed by atoms with E-state index in [-0.39, 0.29) is 5.91 Å². The van der Waals surface area contributed by atoms with Crippen molar-refractivity contribution in [3.05, 3.63) is 113 Å². The molecular weight excluding hydrogens is 605 g/mol. The Hall–Kier alpha value is -4.90. The zero-order valence-corrected chi connectivity index (χ0v) is 27.7. The lowest BCUT2D eigenvalue weighted by atomic mass is 10.0. The molecule has 9 nitrogen and oxygen atoms in total. The second-order valence-electron chi connectivity index (χ2n) is 12.2. The summed E-state index contributed by atoms with van der Waals surface area (Å²) in [6, 6.07) is 28.6. The summed E-state index contributed by atoms with van der Waals surface area (Å²) in [5.74, 6) is 0.385. The van der Waals surface area contributed by atoms with Gasteiger partial charge in [-0.2, -0.15) is 0 Å². The molecule has 0 spiro atoms. The van der Waals surface area contributed by atoms with Crippen molar-refractivity contribution in [2.45, 2.75) is 32.4 Å². The van der Waals surface area contributed by atoms with Gasteiger partial charge >= 0.3 is 0 Å². The fourth-order valence-corrected chi connectivity index (χ4v) is 6.98. The minimum absolute atomic E-state index is 0.125. The summed E-state index contributed by atoms with van der Waals surface area (Å²) in [7, 11) is 4.35. The number of fused-ring (bicyclic) bond motifs is 1. The molecule has 1 saturated heterocycles. The highest BCUT2D eigenvalue weighted by Gasteiger charge is 2.21. The number of benzene rings is 2. The molecule has 1 amide bonds. The van der Waals surface area contributed by atoms with Crippen LogP contribution in [0.5, 0.6) is 0 Å². The minimum Gasteiger partial charge on any atom is -0.324 e. The zero-order chi connectivity index (χ0) is 32.3. The molecule has 5 heterocycles. The average Bonchev–Trinajstić information content (AvgIpc) is 3.69. The largest absolute Gasteiger partial charge is 0.324 e. The van der Waals surface area contributed by atoms with Crippen LogP contribution in [0.25, 0.3) is 28.3 Å². The van der Waals surface area contributed by atoms with Gasteiger partial charge < -0.3 is 15.5 Å². The predicted octanol–water partition coefficient (Wildman–Crippen LogP) is 7.35. The Balaban J connectivity index is 1.14. The van der Waals surface area contributed by atoms with E-state index in [1.165, 1.54) is 29.7 Å². The molecule has 1 fully saturated rings. The summed E-state index contributed by atoms with van der Waals surface area (Å²) in [5.41, 5.74) is 6.94. The second kappa shape index (κ2) is 13.4. The topological polar surface area (TPSA) is 90.7 Å². The molecule has 1 aliphatic rings. The van der Waals surface area contributed by atoms with Gasteiger partial charge in [-0.15, -0.1) is 11.3 Å². The van der Waals surface area contributed by atoms with Crippen molar-refractivity contribution in [2.24, 2.45) is 0 Å². The van der Waals surface area contributed by atoms with Crippen LogP contribution < -0.4 is 10.6 Å². The summed E-state index contributed by atoms with van der Waals surface area (Å²) in [6.07, 6.45) is 6.16. The number of aryl methyl sites for hydroxylation is 1. The van der Waals surface area contributed by atoms with Gasteiger partial charge in [0.1, 0.15) is 5.65 Å². The predicted molar refractivity (Wildman–Crippen MR) is 190 cm³/mol. The summed E-state index contributed by atoms with van der Waals surface area (Å²) in [5, 5.41) is 6.48. The van der Waals surface area contributed by atoms with Gasteiger partial charge in [0.15, 0.2) is 0 Å². The van der Waals surface area contributed by atoms with Gasteiger partial charge in [0.25, 0.3) is 5.91 Å². The van der Waals surface area contributed by atoms with Crippen LogP contribution in [0, 0.1) is 6.92 Å². The van der Waals surface area contributed by atoms with E-state index in [1.54, 1.807) is 6.20 Å². The third kappa shape index (κ3) is 6.95. The highest BCUT2D eigenvalue weighted by atomic mass is 32.1. The number of amides is 1. The van der Waals surface area contributed by atoms with E-state index in [9.17, 15) is 4.79 Å². The Morgan fingerprint density at radius 2 is 1.77 bits per heavy atom. The number of carbonyl (C=O) groups is 1. The molecule has 6 aromatic rings. The maximum Gasteiger partial charge on any atom is 0.265 e. The fourth-order valence-electron chi connectivity index (χ4n) is 6.21. The van der Waals surface area contributed by atoms with Crippen molar-refractivity contribution < 1.29 is 4.79 Å². The molecule has 1 aliphatic heterocycles. The molecule has 0 atom stereocenters. The number of carbonyl (C=O) groups excluding carboxylic acids is 1. The first kappa shape index (κ1) is 30.7. The van der Waals surface area contributed by atoms with Crippen molar-refractivity contribution in [2.75, 3.05) is 37.8 Å². The van der Waals surface area contributed by atoms with E-state index in [0.717, 1.165) is 58.5 Å². The summed E-state index contributed by atoms with van der Waals surface area (Å²) < 4.78 is 2.04. The molecule has 47 heavy (non-hydrogen) atoms.